The largest absolute Gasteiger partial charge is 0.479 e. The summed E-state index contributed by atoms with van der Waals surface area (Å²) in [6, 6.07) is 20.2. The van der Waals surface area contributed by atoms with Gasteiger partial charge in [-0.1, -0.05) is 35.9 Å². The number of imidazole rings is 1. The number of nitrogens with zero attached hydrogens (tertiary/aromatic N) is 4. The first-order valence-corrected chi connectivity index (χ1v) is 26.9. The highest BCUT2D eigenvalue weighted by Crippen LogP contribution is 2.42. The third-order valence-corrected chi connectivity index (χ3v) is 17.3. The van der Waals surface area contributed by atoms with E-state index in [1.165, 1.54) is 4.57 Å². The highest BCUT2D eigenvalue weighted by Gasteiger charge is 2.42. The van der Waals surface area contributed by atoms with Crippen LogP contribution in [0.2, 0.25) is 0 Å². The molecule has 380 valence electrons. The molecule has 8 rings (SSSR count). The van der Waals surface area contributed by atoms with Crippen molar-refractivity contribution in [3.63, 3.8) is 0 Å². The van der Waals surface area contributed by atoms with E-state index in [0.29, 0.717) is 54.9 Å². The average Bonchev–Trinajstić information content (AvgIpc) is 3.56. The summed E-state index contributed by atoms with van der Waals surface area (Å²) < 4.78 is 38.0. The van der Waals surface area contributed by atoms with Crippen LogP contribution in [0.1, 0.15) is 76.0 Å². The molecule has 71 heavy (non-hydrogen) atoms. The number of allylic oxidation sites excluding steroid dienone is 1. The molecule has 21 heteroatoms. The number of hydrogen-bond acceptors (Lipinski definition) is 13. The molecule has 4 aliphatic heterocycles. The summed E-state index contributed by atoms with van der Waals surface area (Å²) in [4.78, 5) is 62.8. The van der Waals surface area contributed by atoms with Crippen molar-refractivity contribution >= 4 is 90.8 Å². The van der Waals surface area contributed by atoms with Crippen LogP contribution >= 0.6 is 23.4 Å². The van der Waals surface area contributed by atoms with Crippen LogP contribution in [-0.4, -0.2) is 119 Å². The molecule has 3 aromatic carbocycles. The molecule has 3 fully saturated rings. The highest BCUT2D eigenvalue weighted by atomic mass is 35.5. The number of aryl methyl sites for hydroxylation is 1. The van der Waals surface area contributed by atoms with Gasteiger partial charge in [0.1, 0.15) is 10.9 Å². The maximum atomic E-state index is 14.0. The Morgan fingerprint density at radius 3 is 2.41 bits per heavy atom. The van der Waals surface area contributed by atoms with Crippen LogP contribution in [0, 0.1) is 5.92 Å². The van der Waals surface area contributed by atoms with Crippen molar-refractivity contribution in [3.8, 4) is 0 Å². The van der Waals surface area contributed by atoms with E-state index in [9.17, 15) is 37.5 Å². The van der Waals surface area contributed by atoms with Crippen molar-refractivity contribution in [2.75, 3.05) is 67.2 Å². The molecule has 18 nitrogen and oxygen atoms in total. The van der Waals surface area contributed by atoms with Crippen LogP contribution < -0.4 is 31.9 Å². The number of aliphatic carboxylic acids is 2. The monoisotopic (exact) mass is 1030 g/mol. The van der Waals surface area contributed by atoms with Crippen LogP contribution in [-0.2, 0) is 46.7 Å². The Hall–Kier alpha value is -5.80. The number of carbonyl (C=O) groups is 4. The van der Waals surface area contributed by atoms with E-state index in [-0.39, 0.29) is 51.3 Å². The maximum Gasteiger partial charge on any atom is 0.346 e. The Balaban J connectivity index is 0.769. The van der Waals surface area contributed by atoms with Gasteiger partial charge in [-0.2, -0.15) is 4.31 Å². The first kappa shape index (κ1) is 51.6. The second-order valence-corrected chi connectivity index (χ2v) is 22.5. The number of hydrogen-bond donors (Lipinski definition) is 6. The first-order valence-electron chi connectivity index (χ1n) is 23.9. The van der Waals surface area contributed by atoms with Crippen molar-refractivity contribution in [1.82, 2.24) is 24.1 Å². The second kappa shape index (κ2) is 21.9. The minimum absolute atomic E-state index is 0.0399. The molecule has 1 unspecified atom stereocenters. The van der Waals surface area contributed by atoms with Gasteiger partial charge in [-0.15, -0.1) is 11.8 Å². The molecule has 0 bridgehead atoms. The quantitative estimate of drug-likeness (QED) is 0.0474. The number of aromatic nitrogens is 2. The molecule has 2 atom stereocenters. The molecular weight excluding hydrogens is 972 g/mol. The number of benzene rings is 3. The van der Waals surface area contributed by atoms with Gasteiger partial charge in [0.2, 0.25) is 21.8 Å². The van der Waals surface area contributed by atoms with Crippen molar-refractivity contribution in [2.24, 2.45) is 13.0 Å². The summed E-state index contributed by atoms with van der Waals surface area (Å²) in [5.74, 6) is -2.74. The van der Waals surface area contributed by atoms with E-state index in [4.69, 9.17) is 21.4 Å². The lowest BCUT2D eigenvalue weighted by molar-refractivity contribution is -0.141. The van der Waals surface area contributed by atoms with Gasteiger partial charge < -0.3 is 35.8 Å². The number of carboxylic acid groups (broad SMARTS) is 2. The number of anilines is 3. The third-order valence-electron chi connectivity index (χ3n) is 13.8. The molecule has 4 aliphatic rings. The third kappa shape index (κ3) is 11.9. The van der Waals surface area contributed by atoms with E-state index in [2.05, 4.69) is 26.2 Å². The van der Waals surface area contributed by atoms with Gasteiger partial charge in [0.05, 0.1) is 21.8 Å². The summed E-state index contributed by atoms with van der Waals surface area (Å²) in [5, 5.41) is 31.8. The standard InChI is InChI=1S/C50H61ClN8O10S2/c1-50(2)27-36(54-35-9-5-7-33(25-35)38-29-70-46(48(64)65)45(44(38)51)69-28-43(61)62)17-23-58(50)71(67,68)30-32-6-4-8-34(24-32)53-20-19-52-18-14-31-15-21-57(22-16-31)37-10-11-39-41(26-37)56(3)49(66)59(39)40-12-13-42(60)55-47(40)63/h4-11,24-26,31,36,40,52-54H,12-23,27-30H2,1-3H3,(H,61,62)(H,64,65)(H,55,60,63)/t36-,40?/m0/s1. The molecule has 0 radical (unpaired) electrons. The minimum atomic E-state index is -3.68. The molecule has 0 saturated carbocycles. The molecule has 2 amide bonds. The molecule has 4 aromatic rings. The predicted molar refractivity (Wildman–Crippen MR) is 276 cm³/mol. The Morgan fingerprint density at radius 1 is 0.915 bits per heavy atom. The molecule has 0 aliphatic carbocycles. The average molecular weight is 1030 g/mol. The van der Waals surface area contributed by atoms with Gasteiger partial charge in [-0.05, 0) is 124 Å². The zero-order valence-corrected chi connectivity index (χ0v) is 42.4. The number of fused-ring (bicyclic) bond motifs is 1. The smallest absolute Gasteiger partial charge is 0.346 e. The van der Waals surface area contributed by atoms with Gasteiger partial charge in [-0.25, -0.2) is 22.8 Å². The Labute approximate surface area is 421 Å². The summed E-state index contributed by atoms with van der Waals surface area (Å²) in [6.45, 7) is 7.60. The first-order chi connectivity index (χ1) is 33.9. The number of rotatable bonds is 19. The normalized spacial score (nSPS) is 20.3. The number of carboxylic acids is 2. The predicted octanol–water partition coefficient (Wildman–Crippen LogP) is 5.90. The Bertz CT molecular complexity index is 2940. The SMILES string of the molecule is Cn1c(=O)n(C2CCC(=O)NC2=O)c2ccc(N3CCC(CCNCCNc4cccc(CS(=O)(=O)N5CC[C@H](Nc6cccc(C7=C(Cl)C(OCC(=O)O)=C(C(=O)O)SC7)c6)CC5(C)C)c4)CC3)cc21. The zero-order chi connectivity index (χ0) is 50.6. The topological polar surface area (TPSA) is 234 Å². The van der Waals surface area contributed by atoms with Crippen molar-refractivity contribution in [3.05, 3.63) is 104 Å². The molecule has 5 heterocycles. The summed E-state index contributed by atoms with van der Waals surface area (Å²) in [7, 11) is -1.97. The van der Waals surface area contributed by atoms with Crippen molar-refractivity contribution < 1.29 is 42.5 Å². The number of nitrogens with one attached hydrogen (secondary N) is 4. The number of sulfonamides is 1. The van der Waals surface area contributed by atoms with Gasteiger partial charge in [0.25, 0.3) is 0 Å². The fourth-order valence-corrected chi connectivity index (χ4v) is 13.7. The van der Waals surface area contributed by atoms with E-state index >= 15 is 0 Å². The van der Waals surface area contributed by atoms with Crippen LogP contribution in [0.4, 0.5) is 17.1 Å². The zero-order valence-electron chi connectivity index (χ0n) is 40.0. The minimum Gasteiger partial charge on any atom is -0.479 e. The second-order valence-electron chi connectivity index (χ2n) is 19.2. The fraction of sp³-hybridized carbons (Fsp3) is 0.460. The number of thioether (sulfide) groups is 1. The fourth-order valence-electron chi connectivity index (χ4n) is 10.2. The number of amides is 2. The lowest BCUT2D eigenvalue weighted by Crippen LogP contribution is -2.55. The number of imide groups is 1. The maximum absolute atomic E-state index is 14.0. The lowest BCUT2D eigenvalue weighted by atomic mass is 9.89. The molecular formula is C50H61ClN8O10S2. The summed E-state index contributed by atoms with van der Waals surface area (Å²) >= 11 is 7.65. The molecule has 1 aromatic heterocycles. The van der Waals surface area contributed by atoms with Crippen molar-refractivity contribution in [1.29, 1.82) is 0 Å². The van der Waals surface area contributed by atoms with Gasteiger partial charge in [-0.3, -0.25) is 24.0 Å². The van der Waals surface area contributed by atoms with Crippen molar-refractivity contribution in [2.45, 2.75) is 82.2 Å². The highest BCUT2D eigenvalue weighted by molar-refractivity contribution is 8.04. The summed E-state index contributed by atoms with van der Waals surface area (Å²) in [6.07, 6.45) is 4.78. The van der Waals surface area contributed by atoms with E-state index in [1.54, 1.807) is 15.9 Å². The van der Waals surface area contributed by atoms with Gasteiger partial charge in [0.15, 0.2) is 12.4 Å². The van der Waals surface area contributed by atoms with E-state index < -0.39 is 46.1 Å². The van der Waals surface area contributed by atoms with Gasteiger partial charge >= 0.3 is 17.6 Å². The van der Waals surface area contributed by atoms with Crippen LogP contribution in [0.25, 0.3) is 16.6 Å². The van der Waals surface area contributed by atoms with Gasteiger partial charge in [0, 0.05) is 80.6 Å². The molecule has 3 saturated heterocycles. The Morgan fingerprint density at radius 2 is 1.68 bits per heavy atom. The van der Waals surface area contributed by atoms with Crippen LogP contribution in [0.3, 0.4) is 0 Å². The molecule has 0 spiro atoms. The number of ether oxygens (including phenoxy) is 1. The molecule has 6 N–H and O–H groups in total. The number of piperidine rings is 3. The number of halogens is 1. The number of carbonyl (C=O) groups excluding carboxylic acids is 2. The van der Waals surface area contributed by atoms with E-state index in [1.807, 2.05) is 80.6 Å². The summed E-state index contributed by atoms with van der Waals surface area (Å²) in [5.41, 5.74) is 5.19. The Kier molecular flexibility index (Phi) is 15.9. The van der Waals surface area contributed by atoms with E-state index in [0.717, 1.165) is 85.3 Å². The van der Waals surface area contributed by atoms with Crippen LogP contribution in [0.15, 0.2) is 87.2 Å². The lowest BCUT2D eigenvalue weighted by Gasteiger charge is -2.45. The van der Waals surface area contributed by atoms with Crippen LogP contribution in [0.5, 0.6) is 0 Å².